The van der Waals surface area contributed by atoms with Crippen molar-refractivity contribution < 1.29 is 5.11 Å². The van der Waals surface area contributed by atoms with Gasteiger partial charge in [-0.25, -0.2) is 0 Å². The summed E-state index contributed by atoms with van der Waals surface area (Å²) in [5, 5.41) is 10.7. The van der Waals surface area contributed by atoms with E-state index in [1.54, 1.807) is 17.8 Å². The molecule has 0 aliphatic heterocycles. The number of hydrogen-bond donors (Lipinski definition) is 1. The molecular formula is C12H15NOS. The summed E-state index contributed by atoms with van der Waals surface area (Å²) in [4.78, 5) is 0. The van der Waals surface area contributed by atoms with Crippen LogP contribution in [0.1, 0.15) is 12.5 Å². The number of benzene rings is 1. The zero-order valence-corrected chi connectivity index (χ0v) is 9.84. The molecule has 0 spiro atoms. The zero-order chi connectivity index (χ0) is 10.8. The molecule has 0 saturated carbocycles. The van der Waals surface area contributed by atoms with Gasteiger partial charge in [-0.2, -0.15) is 11.8 Å². The minimum atomic E-state index is 0.346. The van der Waals surface area contributed by atoms with Gasteiger partial charge in [0.2, 0.25) is 0 Å². The highest BCUT2D eigenvalue weighted by atomic mass is 32.2. The Morgan fingerprint density at radius 2 is 2.20 bits per heavy atom. The Morgan fingerprint density at radius 1 is 1.40 bits per heavy atom. The van der Waals surface area contributed by atoms with Crippen molar-refractivity contribution in [3.05, 3.63) is 30.0 Å². The van der Waals surface area contributed by atoms with Crippen LogP contribution in [0.5, 0.6) is 5.75 Å². The smallest absolute Gasteiger partial charge is 0.116 e. The van der Waals surface area contributed by atoms with Gasteiger partial charge in [0.1, 0.15) is 5.75 Å². The van der Waals surface area contributed by atoms with Gasteiger partial charge in [-0.3, -0.25) is 0 Å². The van der Waals surface area contributed by atoms with Crippen molar-refractivity contribution >= 4 is 22.7 Å². The molecule has 0 saturated heterocycles. The van der Waals surface area contributed by atoms with Crippen LogP contribution < -0.4 is 0 Å². The molecule has 2 rings (SSSR count). The molecule has 0 fully saturated rings. The van der Waals surface area contributed by atoms with Gasteiger partial charge in [-0.05, 0) is 36.9 Å². The van der Waals surface area contributed by atoms with Crippen LogP contribution in [0, 0.1) is 0 Å². The van der Waals surface area contributed by atoms with Gasteiger partial charge in [0.05, 0.1) is 0 Å². The lowest BCUT2D eigenvalue weighted by atomic mass is 10.2. The van der Waals surface area contributed by atoms with Gasteiger partial charge in [0, 0.05) is 29.4 Å². The third-order valence-electron chi connectivity index (χ3n) is 2.59. The SMILES string of the molecule is CCn1cc(CSC)c2cc(O)ccc21. The first kappa shape index (κ1) is 10.4. The molecular weight excluding hydrogens is 206 g/mol. The second-order valence-electron chi connectivity index (χ2n) is 3.57. The normalized spacial score (nSPS) is 11.1. The molecule has 0 amide bonds. The summed E-state index contributed by atoms with van der Waals surface area (Å²) in [6.45, 7) is 3.10. The average molecular weight is 221 g/mol. The summed E-state index contributed by atoms with van der Waals surface area (Å²) in [6, 6.07) is 5.59. The average Bonchev–Trinajstić information content (AvgIpc) is 2.57. The molecule has 80 valence electrons. The maximum Gasteiger partial charge on any atom is 0.116 e. The van der Waals surface area contributed by atoms with E-state index < -0.39 is 0 Å². The number of nitrogens with zero attached hydrogens (tertiary/aromatic N) is 1. The first-order valence-corrected chi connectivity index (χ1v) is 6.45. The molecule has 2 aromatic rings. The highest BCUT2D eigenvalue weighted by Gasteiger charge is 2.07. The van der Waals surface area contributed by atoms with Crippen LogP contribution in [0.4, 0.5) is 0 Å². The van der Waals surface area contributed by atoms with Gasteiger partial charge in [0.15, 0.2) is 0 Å². The standard InChI is InChI=1S/C12H15NOS/c1-3-13-7-9(8-15-2)11-6-10(14)4-5-12(11)13/h4-7,14H,3,8H2,1-2H3. The van der Waals surface area contributed by atoms with Crippen molar-refractivity contribution in [3.8, 4) is 5.75 Å². The van der Waals surface area contributed by atoms with Gasteiger partial charge >= 0.3 is 0 Å². The van der Waals surface area contributed by atoms with Crippen LogP contribution >= 0.6 is 11.8 Å². The molecule has 0 aliphatic carbocycles. The molecule has 1 N–H and O–H groups in total. The van der Waals surface area contributed by atoms with E-state index in [1.165, 1.54) is 16.5 Å². The number of aromatic hydroxyl groups is 1. The Morgan fingerprint density at radius 3 is 2.87 bits per heavy atom. The van der Waals surface area contributed by atoms with Gasteiger partial charge in [-0.1, -0.05) is 0 Å². The maximum absolute atomic E-state index is 9.49. The monoisotopic (exact) mass is 221 g/mol. The molecule has 0 bridgehead atoms. The summed E-state index contributed by atoms with van der Waals surface area (Å²) in [5.41, 5.74) is 2.51. The van der Waals surface area contributed by atoms with E-state index in [0.29, 0.717) is 5.75 Å². The predicted octanol–water partition coefficient (Wildman–Crippen LogP) is 3.23. The minimum absolute atomic E-state index is 0.346. The molecule has 0 aliphatic rings. The van der Waals surface area contributed by atoms with E-state index in [-0.39, 0.29) is 0 Å². The second kappa shape index (κ2) is 4.19. The first-order chi connectivity index (χ1) is 7.26. The molecule has 0 radical (unpaired) electrons. The molecule has 3 heteroatoms. The Hall–Kier alpha value is -1.09. The number of aromatic nitrogens is 1. The van der Waals surface area contributed by atoms with Crippen molar-refractivity contribution in [2.75, 3.05) is 6.26 Å². The highest BCUT2D eigenvalue weighted by molar-refractivity contribution is 7.97. The molecule has 0 unspecified atom stereocenters. The number of phenolic OH excluding ortho intramolecular Hbond substituents is 1. The van der Waals surface area contributed by atoms with E-state index in [0.717, 1.165) is 12.3 Å². The summed E-state index contributed by atoms with van der Waals surface area (Å²) in [5.74, 6) is 1.34. The van der Waals surface area contributed by atoms with Gasteiger partial charge in [0.25, 0.3) is 0 Å². The lowest BCUT2D eigenvalue weighted by Crippen LogP contribution is -1.89. The van der Waals surface area contributed by atoms with Crippen molar-refractivity contribution in [3.63, 3.8) is 0 Å². The van der Waals surface area contributed by atoms with Crippen LogP contribution in [0.3, 0.4) is 0 Å². The highest BCUT2D eigenvalue weighted by Crippen LogP contribution is 2.27. The summed E-state index contributed by atoms with van der Waals surface area (Å²) < 4.78 is 2.22. The number of aryl methyl sites for hydroxylation is 1. The van der Waals surface area contributed by atoms with Crippen molar-refractivity contribution in [1.29, 1.82) is 0 Å². The largest absolute Gasteiger partial charge is 0.508 e. The summed E-state index contributed by atoms with van der Waals surface area (Å²) in [6.07, 6.45) is 4.28. The Balaban J connectivity index is 2.64. The van der Waals surface area contributed by atoms with Crippen LogP contribution in [0.15, 0.2) is 24.4 Å². The number of rotatable bonds is 3. The van der Waals surface area contributed by atoms with E-state index >= 15 is 0 Å². The third kappa shape index (κ3) is 1.84. The number of hydrogen-bond acceptors (Lipinski definition) is 2. The van der Waals surface area contributed by atoms with Crippen molar-refractivity contribution in [1.82, 2.24) is 4.57 Å². The topological polar surface area (TPSA) is 25.2 Å². The maximum atomic E-state index is 9.49. The van der Waals surface area contributed by atoms with Gasteiger partial charge < -0.3 is 9.67 Å². The molecule has 1 aromatic heterocycles. The number of fused-ring (bicyclic) bond motifs is 1. The Bertz CT molecular complexity index is 476. The van der Waals surface area contributed by atoms with Crippen LogP contribution in [-0.4, -0.2) is 15.9 Å². The van der Waals surface area contributed by atoms with Crippen molar-refractivity contribution in [2.24, 2.45) is 0 Å². The fourth-order valence-corrected chi connectivity index (χ4v) is 2.43. The van der Waals surface area contributed by atoms with E-state index in [1.807, 2.05) is 12.1 Å². The van der Waals surface area contributed by atoms with Crippen LogP contribution in [0.25, 0.3) is 10.9 Å². The van der Waals surface area contributed by atoms with Gasteiger partial charge in [-0.15, -0.1) is 0 Å². The molecule has 1 aromatic carbocycles. The van der Waals surface area contributed by atoms with Crippen molar-refractivity contribution in [2.45, 2.75) is 19.2 Å². The second-order valence-corrected chi connectivity index (χ2v) is 4.44. The lowest BCUT2D eigenvalue weighted by molar-refractivity contribution is 0.476. The fraction of sp³-hybridized carbons (Fsp3) is 0.333. The van der Waals surface area contributed by atoms with Crippen LogP contribution in [0.2, 0.25) is 0 Å². The van der Waals surface area contributed by atoms with E-state index in [2.05, 4.69) is 23.9 Å². The lowest BCUT2D eigenvalue weighted by Gasteiger charge is -1.99. The summed E-state index contributed by atoms with van der Waals surface area (Å²) in [7, 11) is 0. The summed E-state index contributed by atoms with van der Waals surface area (Å²) >= 11 is 1.80. The predicted molar refractivity (Wildman–Crippen MR) is 66.5 cm³/mol. The molecule has 2 nitrogen and oxygen atoms in total. The number of thioether (sulfide) groups is 1. The Labute approximate surface area is 93.9 Å². The minimum Gasteiger partial charge on any atom is -0.508 e. The van der Waals surface area contributed by atoms with E-state index in [4.69, 9.17) is 0 Å². The molecule has 0 atom stereocenters. The molecule has 15 heavy (non-hydrogen) atoms. The van der Waals surface area contributed by atoms with E-state index in [9.17, 15) is 5.11 Å². The third-order valence-corrected chi connectivity index (χ3v) is 3.19. The number of phenols is 1. The fourth-order valence-electron chi connectivity index (χ4n) is 1.89. The first-order valence-electron chi connectivity index (χ1n) is 5.06. The quantitative estimate of drug-likeness (QED) is 0.860. The Kier molecular flexibility index (Phi) is 2.91. The van der Waals surface area contributed by atoms with Crippen LogP contribution in [-0.2, 0) is 12.3 Å². The molecule has 1 heterocycles. The zero-order valence-electron chi connectivity index (χ0n) is 9.03.